The smallest absolute Gasteiger partial charge is 0.348 e. The van der Waals surface area contributed by atoms with Crippen LogP contribution in [0, 0.1) is 11.6 Å². The number of fused-ring (bicyclic) bond motifs is 1. The van der Waals surface area contributed by atoms with E-state index in [0.29, 0.717) is 24.1 Å². The zero-order valence-electron chi connectivity index (χ0n) is 20.1. The number of halogens is 5. The third-order valence-electron chi connectivity index (χ3n) is 6.50. The third-order valence-corrected chi connectivity index (χ3v) is 6.50. The van der Waals surface area contributed by atoms with Gasteiger partial charge >= 0.3 is 12.2 Å². The standard InChI is InChI=1S/C27H22F5N5O/c1-16-15-36(26(38)33-23-11-10-19(29)14-22(23)27(30,31)32)12-13-37(16)25-21-5-3-2-4-20(21)24(34-35-25)17-6-8-18(28)9-7-17/h2-11,14,16H,12-13,15H2,1H3,(H,33,38). The Labute approximate surface area is 214 Å². The average Bonchev–Trinajstić information content (AvgIpc) is 2.89. The minimum Gasteiger partial charge on any atom is -0.348 e. The van der Waals surface area contributed by atoms with E-state index in [2.05, 4.69) is 15.5 Å². The van der Waals surface area contributed by atoms with Crippen LogP contribution in [-0.4, -0.2) is 46.8 Å². The van der Waals surface area contributed by atoms with E-state index < -0.39 is 29.3 Å². The van der Waals surface area contributed by atoms with Crippen LogP contribution < -0.4 is 10.2 Å². The van der Waals surface area contributed by atoms with E-state index in [4.69, 9.17) is 0 Å². The molecule has 0 aliphatic carbocycles. The van der Waals surface area contributed by atoms with Crippen LogP contribution in [0.2, 0.25) is 0 Å². The van der Waals surface area contributed by atoms with Gasteiger partial charge in [0.2, 0.25) is 0 Å². The summed E-state index contributed by atoms with van der Waals surface area (Å²) in [5.41, 5.74) is -0.433. The molecule has 1 N–H and O–H groups in total. The summed E-state index contributed by atoms with van der Waals surface area (Å²) in [6.45, 7) is 2.67. The summed E-state index contributed by atoms with van der Waals surface area (Å²) in [7, 11) is 0. The van der Waals surface area contributed by atoms with Gasteiger partial charge in [0.1, 0.15) is 17.3 Å². The van der Waals surface area contributed by atoms with Gasteiger partial charge in [-0.25, -0.2) is 13.6 Å². The SMILES string of the molecule is CC1CN(C(=O)Nc2ccc(F)cc2C(F)(F)F)CCN1c1nnc(-c2ccc(F)cc2)c2ccccc12. The number of piperazine rings is 1. The number of nitrogens with one attached hydrogen (secondary N) is 1. The number of urea groups is 1. The van der Waals surface area contributed by atoms with Gasteiger partial charge in [-0.2, -0.15) is 13.2 Å². The fourth-order valence-electron chi connectivity index (χ4n) is 4.63. The van der Waals surface area contributed by atoms with E-state index in [0.717, 1.165) is 28.5 Å². The minimum absolute atomic E-state index is 0.212. The maximum atomic E-state index is 13.4. The fraction of sp³-hybridized carbons (Fsp3) is 0.222. The lowest BCUT2D eigenvalue weighted by atomic mass is 10.0. The van der Waals surface area contributed by atoms with Crippen LogP contribution in [0.1, 0.15) is 12.5 Å². The second kappa shape index (κ2) is 9.88. The molecule has 196 valence electrons. The first kappa shape index (κ1) is 25.4. The Bertz CT molecular complexity index is 1490. The Hall–Kier alpha value is -4.28. The van der Waals surface area contributed by atoms with Crippen LogP contribution in [0.5, 0.6) is 0 Å². The first-order valence-corrected chi connectivity index (χ1v) is 11.8. The van der Waals surface area contributed by atoms with Crippen molar-refractivity contribution < 1.29 is 26.7 Å². The summed E-state index contributed by atoms with van der Waals surface area (Å²) < 4.78 is 66.9. The number of benzene rings is 3. The number of alkyl halides is 3. The molecule has 6 nitrogen and oxygen atoms in total. The molecule has 0 bridgehead atoms. The van der Waals surface area contributed by atoms with Gasteiger partial charge in [0.15, 0.2) is 5.82 Å². The van der Waals surface area contributed by atoms with Gasteiger partial charge in [0, 0.05) is 42.0 Å². The van der Waals surface area contributed by atoms with Crippen molar-refractivity contribution in [3.63, 3.8) is 0 Å². The molecule has 11 heteroatoms. The van der Waals surface area contributed by atoms with Crippen LogP contribution in [0.15, 0.2) is 66.7 Å². The number of anilines is 2. The lowest BCUT2D eigenvalue weighted by molar-refractivity contribution is -0.137. The molecule has 1 aliphatic heterocycles. The molecule has 5 rings (SSSR count). The molecule has 38 heavy (non-hydrogen) atoms. The first-order chi connectivity index (χ1) is 18.1. The lowest BCUT2D eigenvalue weighted by Crippen LogP contribution is -2.55. The van der Waals surface area contributed by atoms with E-state index >= 15 is 0 Å². The highest BCUT2D eigenvalue weighted by atomic mass is 19.4. The fourth-order valence-corrected chi connectivity index (χ4v) is 4.63. The van der Waals surface area contributed by atoms with Crippen molar-refractivity contribution in [1.29, 1.82) is 0 Å². The number of carbonyl (C=O) groups excluding carboxylic acids is 1. The molecule has 0 radical (unpaired) electrons. The quantitative estimate of drug-likeness (QED) is 0.316. The molecule has 0 saturated carbocycles. The first-order valence-electron chi connectivity index (χ1n) is 11.8. The van der Waals surface area contributed by atoms with Gasteiger partial charge in [-0.05, 0) is 49.4 Å². The highest BCUT2D eigenvalue weighted by molar-refractivity contribution is 6.00. The molecule has 1 saturated heterocycles. The number of carbonyl (C=O) groups is 1. The topological polar surface area (TPSA) is 61.4 Å². The van der Waals surface area contributed by atoms with E-state index in [1.807, 2.05) is 36.1 Å². The summed E-state index contributed by atoms with van der Waals surface area (Å²) in [6.07, 6.45) is -4.82. The van der Waals surface area contributed by atoms with Crippen LogP contribution >= 0.6 is 0 Å². The lowest BCUT2D eigenvalue weighted by Gasteiger charge is -2.40. The van der Waals surface area contributed by atoms with Crippen molar-refractivity contribution >= 4 is 28.3 Å². The van der Waals surface area contributed by atoms with Crippen molar-refractivity contribution in [2.24, 2.45) is 0 Å². The monoisotopic (exact) mass is 527 g/mol. The maximum absolute atomic E-state index is 13.4. The zero-order chi connectivity index (χ0) is 27.0. The van der Waals surface area contributed by atoms with E-state index in [1.54, 1.807) is 12.1 Å². The second-order valence-corrected chi connectivity index (χ2v) is 9.03. The summed E-state index contributed by atoms with van der Waals surface area (Å²) in [5, 5.41) is 12.8. The molecule has 1 unspecified atom stereocenters. The van der Waals surface area contributed by atoms with Gasteiger partial charge in [-0.1, -0.05) is 24.3 Å². The summed E-state index contributed by atoms with van der Waals surface area (Å²) in [4.78, 5) is 16.2. The molecule has 1 aliphatic rings. The summed E-state index contributed by atoms with van der Waals surface area (Å²) in [6, 6.07) is 14.7. The number of hydrogen-bond acceptors (Lipinski definition) is 4. The Kier molecular flexibility index (Phi) is 6.60. The van der Waals surface area contributed by atoms with E-state index in [-0.39, 0.29) is 24.9 Å². The molecular formula is C27H22F5N5O. The van der Waals surface area contributed by atoms with Gasteiger partial charge in [0.05, 0.1) is 11.3 Å². The molecular weight excluding hydrogens is 505 g/mol. The third kappa shape index (κ3) is 4.96. The van der Waals surface area contributed by atoms with Crippen LogP contribution in [-0.2, 0) is 6.18 Å². The zero-order valence-corrected chi connectivity index (χ0v) is 20.1. The number of rotatable bonds is 3. The van der Waals surface area contributed by atoms with Gasteiger partial charge in [0.25, 0.3) is 0 Å². The van der Waals surface area contributed by atoms with E-state index in [9.17, 15) is 26.7 Å². The molecule has 1 atom stereocenters. The highest BCUT2D eigenvalue weighted by Gasteiger charge is 2.35. The Morgan fingerprint density at radius 3 is 2.29 bits per heavy atom. The normalized spacial score (nSPS) is 16.1. The largest absolute Gasteiger partial charge is 0.418 e. The number of aromatic nitrogens is 2. The van der Waals surface area contributed by atoms with Gasteiger partial charge in [-0.3, -0.25) is 0 Å². The predicted molar refractivity (Wildman–Crippen MR) is 134 cm³/mol. The van der Waals surface area contributed by atoms with E-state index in [1.165, 1.54) is 17.0 Å². The Balaban J connectivity index is 1.37. The molecule has 1 fully saturated rings. The maximum Gasteiger partial charge on any atom is 0.418 e. The Morgan fingerprint density at radius 1 is 0.921 bits per heavy atom. The van der Waals surface area contributed by atoms with Gasteiger partial charge < -0.3 is 15.1 Å². The molecule has 3 aromatic carbocycles. The molecule has 2 amide bonds. The average molecular weight is 527 g/mol. The van der Waals surface area contributed by atoms with Crippen molar-refractivity contribution in [3.8, 4) is 11.3 Å². The molecule has 2 heterocycles. The van der Waals surface area contributed by atoms with Gasteiger partial charge in [-0.15, -0.1) is 10.2 Å². The van der Waals surface area contributed by atoms with Crippen LogP contribution in [0.4, 0.5) is 38.3 Å². The number of hydrogen-bond donors (Lipinski definition) is 1. The Morgan fingerprint density at radius 2 is 1.61 bits per heavy atom. The van der Waals surface area contributed by atoms with Crippen molar-refractivity contribution in [1.82, 2.24) is 15.1 Å². The highest BCUT2D eigenvalue weighted by Crippen LogP contribution is 2.36. The van der Waals surface area contributed by atoms with Crippen molar-refractivity contribution in [3.05, 3.63) is 83.9 Å². The summed E-state index contributed by atoms with van der Waals surface area (Å²) in [5.74, 6) is -0.791. The van der Waals surface area contributed by atoms with Crippen molar-refractivity contribution in [2.45, 2.75) is 19.1 Å². The van der Waals surface area contributed by atoms with Crippen LogP contribution in [0.25, 0.3) is 22.0 Å². The van der Waals surface area contributed by atoms with Crippen LogP contribution in [0.3, 0.4) is 0 Å². The molecule has 1 aromatic heterocycles. The number of amides is 2. The van der Waals surface area contributed by atoms with Crippen molar-refractivity contribution in [2.75, 3.05) is 29.9 Å². The summed E-state index contributed by atoms with van der Waals surface area (Å²) >= 11 is 0. The predicted octanol–water partition coefficient (Wildman–Crippen LogP) is 6.34. The molecule has 4 aromatic rings. The second-order valence-electron chi connectivity index (χ2n) is 9.03. The number of nitrogens with zero attached hydrogens (tertiary/aromatic N) is 4. The molecule has 0 spiro atoms. The minimum atomic E-state index is -4.82.